The lowest BCUT2D eigenvalue weighted by Gasteiger charge is -2.55. The van der Waals surface area contributed by atoms with Crippen LogP contribution in [0.4, 0.5) is 0 Å². The summed E-state index contributed by atoms with van der Waals surface area (Å²) in [6.45, 7) is 9.66. The Hall–Kier alpha value is -0.820. The Balaban J connectivity index is 2.10. The Labute approximate surface area is 129 Å². The molecule has 116 valence electrons. The Bertz CT molecular complexity index is 529. The second-order valence-corrected chi connectivity index (χ2v) is 8.32. The monoisotopic (exact) mass is 286 g/mol. The maximum atomic E-state index is 10.3. The van der Waals surface area contributed by atoms with E-state index in [1.165, 1.54) is 42.4 Å². The minimum Gasteiger partial charge on any atom is -0.395 e. The van der Waals surface area contributed by atoms with Crippen LogP contribution in [0.25, 0.3) is 0 Å². The SMILES string of the molecule is CC(C)c1ccc2c(c1)CCC1C(C)(C)CCCC21CO. The Kier molecular flexibility index (Phi) is 3.68. The van der Waals surface area contributed by atoms with Crippen LogP contribution in [0.5, 0.6) is 0 Å². The summed E-state index contributed by atoms with van der Waals surface area (Å²) in [5.74, 6) is 1.21. The molecule has 2 unspecified atom stereocenters. The number of aliphatic hydroxyl groups excluding tert-OH is 1. The summed E-state index contributed by atoms with van der Waals surface area (Å²) in [4.78, 5) is 0. The van der Waals surface area contributed by atoms with Crippen molar-refractivity contribution in [1.29, 1.82) is 0 Å². The highest BCUT2D eigenvalue weighted by Crippen LogP contribution is 2.57. The van der Waals surface area contributed by atoms with Gasteiger partial charge < -0.3 is 5.11 Å². The molecule has 0 radical (unpaired) electrons. The third-order valence-corrected chi connectivity index (χ3v) is 6.37. The fourth-order valence-electron chi connectivity index (χ4n) is 5.18. The number of hydrogen-bond acceptors (Lipinski definition) is 1. The van der Waals surface area contributed by atoms with Gasteiger partial charge in [-0.25, -0.2) is 0 Å². The fourth-order valence-corrected chi connectivity index (χ4v) is 5.18. The van der Waals surface area contributed by atoms with E-state index in [1.807, 2.05) is 0 Å². The predicted molar refractivity (Wildman–Crippen MR) is 88.7 cm³/mol. The number of fused-ring (bicyclic) bond motifs is 3. The molecule has 0 saturated heterocycles. The van der Waals surface area contributed by atoms with Gasteiger partial charge in [-0.05, 0) is 59.6 Å². The minimum atomic E-state index is 0.0187. The summed E-state index contributed by atoms with van der Waals surface area (Å²) in [7, 11) is 0. The van der Waals surface area contributed by atoms with Gasteiger partial charge in [0.25, 0.3) is 0 Å². The van der Waals surface area contributed by atoms with Crippen molar-refractivity contribution in [2.24, 2.45) is 11.3 Å². The van der Waals surface area contributed by atoms with Crippen LogP contribution in [0.3, 0.4) is 0 Å². The van der Waals surface area contributed by atoms with Gasteiger partial charge in [-0.1, -0.05) is 52.3 Å². The molecular weight excluding hydrogens is 256 g/mol. The second-order valence-electron chi connectivity index (χ2n) is 8.32. The van der Waals surface area contributed by atoms with Crippen molar-refractivity contribution < 1.29 is 5.11 Å². The molecule has 0 aromatic heterocycles. The van der Waals surface area contributed by atoms with E-state index >= 15 is 0 Å². The number of aliphatic hydroxyl groups is 1. The van der Waals surface area contributed by atoms with E-state index in [2.05, 4.69) is 45.9 Å². The molecule has 1 nitrogen and oxygen atoms in total. The minimum absolute atomic E-state index is 0.0187. The van der Waals surface area contributed by atoms with Crippen LogP contribution in [0.1, 0.15) is 76.0 Å². The quantitative estimate of drug-likeness (QED) is 0.827. The third-order valence-electron chi connectivity index (χ3n) is 6.37. The van der Waals surface area contributed by atoms with E-state index in [0.29, 0.717) is 23.9 Å². The standard InChI is InChI=1S/C20H30O/c1-14(2)15-6-8-17-16(12-15)7-9-18-19(3,4)10-5-11-20(17,18)13-21/h6,8,12,14,18,21H,5,7,9-11,13H2,1-4H3. The van der Waals surface area contributed by atoms with Crippen LogP contribution in [0.15, 0.2) is 18.2 Å². The predicted octanol–water partition coefficient (Wildman–Crippen LogP) is 4.81. The van der Waals surface area contributed by atoms with Gasteiger partial charge in [-0.2, -0.15) is 0 Å². The van der Waals surface area contributed by atoms with Crippen molar-refractivity contribution in [3.63, 3.8) is 0 Å². The van der Waals surface area contributed by atoms with Crippen molar-refractivity contribution >= 4 is 0 Å². The van der Waals surface area contributed by atoms with Crippen molar-refractivity contribution in [2.75, 3.05) is 6.61 Å². The second kappa shape index (κ2) is 5.12. The molecule has 1 saturated carbocycles. The molecule has 1 fully saturated rings. The van der Waals surface area contributed by atoms with Gasteiger partial charge in [0.15, 0.2) is 0 Å². The van der Waals surface area contributed by atoms with E-state index in [9.17, 15) is 5.11 Å². The average Bonchev–Trinajstić information content (AvgIpc) is 2.45. The molecule has 21 heavy (non-hydrogen) atoms. The lowest BCUT2D eigenvalue weighted by molar-refractivity contribution is -0.00510. The van der Waals surface area contributed by atoms with Gasteiger partial charge in [-0.15, -0.1) is 0 Å². The zero-order valence-corrected chi connectivity index (χ0v) is 14.1. The lowest BCUT2D eigenvalue weighted by atomic mass is 9.50. The molecule has 0 heterocycles. The van der Waals surface area contributed by atoms with Gasteiger partial charge in [0, 0.05) is 5.41 Å². The molecule has 1 heteroatoms. The maximum Gasteiger partial charge on any atom is 0.0530 e. The van der Waals surface area contributed by atoms with Gasteiger partial charge in [0.05, 0.1) is 6.61 Å². The number of benzene rings is 1. The van der Waals surface area contributed by atoms with E-state index in [4.69, 9.17) is 0 Å². The van der Waals surface area contributed by atoms with Crippen LogP contribution in [0, 0.1) is 11.3 Å². The van der Waals surface area contributed by atoms with Gasteiger partial charge >= 0.3 is 0 Å². The first-order valence-electron chi connectivity index (χ1n) is 8.65. The Morgan fingerprint density at radius 3 is 2.67 bits per heavy atom. The van der Waals surface area contributed by atoms with E-state index in [1.54, 1.807) is 0 Å². The van der Waals surface area contributed by atoms with Gasteiger partial charge in [-0.3, -0.25) is 0 Å². The van der Waals surface area contributed by atoms with Crippen LogP contribution >= 0.6 is 0 Å². The fraction of sp³-hybridized carbons (Fsp3) is 0.700. The number of hydrogen-bond donors (Lipinski definition) is 1. The first-order valence-corrected chi connectivity index (χ1v) is 8.65. The molecule has 0 amide bonds. The van der Waals surface area contributed by atoms with Crippen LogP contribution in [-0.2, 0) is 11.8 Å². The van der Waals surface area contributed by atoms with Gasteiger partial charge in [0.1, 0.15) is 0 Å². The highest BCUT2D eigenvalue weighted by molar-refractivity contribution is 5.42. The summed E-state index contributed by atoms with van der Waals surface area (Å²) >= 11 is 0. The zero-order valence-electron chi connectivity index (χ0n) is 14.1. The normalized spacial score (nSPS) is 30.9. The summed E-state index contributed by atoms with van der Waals surface area (Å²) in [6, 6.07) is 7.05. The smallest absolute Gasteiger partial charge is 0.0530 e. The van der Waals surface area contributed by atoms with Crippen LogP contribution < -0.4 is 0 Å². The molecule has 0 aliphatic heterocycles. The average molecular weight is 286 g/mol. The Morgan fingerprint density at radius 2 is 2.00 bits per heavy atom. The van der Waals surface area contributed by atoms with E-state index in [0.717, 1.165) is 6.42 Å². The summed E-state index contributed by atoms with van der Waals surface area (Å²) < 4.78 is 0. The molecule has 1 aromatic rings. The van der Waals surface area contributed by atoms with Crippen LogP contribution in [0.2, 0.25) is 0 Å². The topological polar surface area (TPSA) is 20.2 Å². The first-order chi connectivity index (χ1) is 9.90. The maximum absolute atomic E-state index is 10.3. The summed E-state index contributed by atoms with van der Waals surface area (Å²) in [6.07, 6.45) is 6.13. The van der Waals surface area contributed by atoms with Crippen molar-refractivity contribution in [3.05, 3.63) is 34.9 Å². The molecule has 1 N–H and O–H groups in total. The summed E-state index contributed by atoms with van der Waals surface area (Å²) in [5.41, 5.74) is 4.78. The molecule has 3 rings (SSSR count). The first kappa shape index (κ1) is 15.1. The van der Waals surface area contributed by atoms with Gasteiger partial charge in [0.2, 0.25) is 0 Å². The highest BCUT2D eigenvalue weighted by Gasteiger charge is 2.52. The van der Waals surface area contributed by atoms with Crippen molar-refractivity contribution in [3.8, 4) is 0 Å². The highest BCUT2D eigenvalue weighted by atomic mass is 16.3. The number of rotatable bonds is 2. The molecule has 2 aliphatic rings. The van der Waals surface area contributed by atoms with Crippen molar-refractivity contribution in [2.45, 2.75) is 71.1 Å². The largest absolute Gasteiger partial charge is 0.395 e. The summed E-state index contributed by atoms with van der Waals surface area (Å²) in [5, 5.41) is 10.3. The zero-order chi connectivity index (χ0) is 15.3. The molecule has 2 aliphatic carbocycles. The molecule has 0 spiro atoms. The van der Waals surface area contributed by atoms with Crippen molar-refractivity contribution in [1.82, 2.24) is 0 Å². The van der Waals surface area contributed by atoms with E-state index in [-0.39, 0.29) is 5.41 Å². The lowest BCUT2D eigenvalue weighted by Crippen LogP contribution is -2.51. The molecule has 1 aromatic carbocycles. The molecular formula is C20H30O. The van der Waals surface area contributed by atoms with Crippen LogP contribution in [-0.4, -0.2) is 11.7 Å². The molecule has 2 atom stereocenters. The number of aryl methyl sites for hydroxylation is 1. The Morgan fingerprint density at radius 1 is 1.24 bits per heavy atom. The molecule has 0 bridgehead atoms. The third kappa shape index (κ3) is 2.25. The van der Waals surface area contributed by atoms with E-state index < -0.39 is 0 Å².